The second-order valence-corrected chi connectivity index (χ2v) is 4.32. The minimum atomic E-state index is -1.05. The van der Waals surface area contributed by atoms with Gasteiger partial charge in [0.05, 0.1) is 13.0 Å². The molecule has 3 atom stereocenters. The van der Waals surface area contributed by atoms with E-state index in [1.807, 2.05) is 0 Å². The molecule has 0 saturated carbocycles. The van der Waals surface area contributed by atoms with Crippen molar-refractivity contribution in [3.63, 3.8) is 0 Å². The topological polar surface area (TPSA) is 87.7 Å². The first-order valence-corrected chi connectivity index (χ1v) is 5.46. The van der Waals surface area contributed by atoms with Crippen LogP contribution >= 0.6 is 0 Å². The lowest BCUT2D eigenvalue weighted by Gasteiger charge is -2.39. The van der Waals surface area contributed by atoms with Crippen molar-refractivity contribution < 1.29 is 19.4 Å². The van der Waals surface area contributed by atoms with Crippen molar-refractivity contribution in [1.82, 2.24) is 10.6 Å². The molecule has 0 bridgehead atoms. The van der Waals surface area contributed by atoms with Crippen LogP contribution in [-0.2, 0) is 14.3 Å². The Bertz CT molecular complexity index is 320. The van der Waals surface area contributed by atoms with E-state index >= 15 is 0 Å². The lowest BCUT2D eigenvalue weighted by molar-refractivity contribution is -0.159. The Labute approximate surface area is 93.3 Å². The van der Waals surface area contributed by atoms with Gasteiger partial charge in [-0.1, -0.05) is 0 Å². The van der Waals surface area contributed by atoms with Crippen molar-refractivity contribution in [2.75, 3.05) is 19.7 Å². The average molecular weight is 228 g/mol. The highest BCUT2D eigenvalue weighted by Gasteiger charge is 2.58. The molecule has 6 nitrogen and oxygen atoms in total. The average Bonchev–Trinajstić information content (AvgIpc) is 2.38. The SMILES string of the molecule is CCOC(=O)CC1(C(=O)O)CNC2CNC21. The Kier molecular flexibility index (Phi) is 2.86. The largest absolute Gasteiger partial charge is 0.481 e. The van der Waals surface area contributed by atoms with Crippen LogP contribution in [0.2, 0.25) is 0 Å². The highest BCUT2D eigenvalue weighted by atomic mass is 16.5. The van der Waals surface area contributed by atoms with Crippen molar-refractivity contribution in [2.45, 2.75) is 25.4 Å². The molecule has 2 fully saturated rings. The van der Waals surface area contributed by atoms with Crippen molar-refractivity contribution in [3.05, 3.63) is 0 Å². The van der Waals surface area contributed by atoms with Gasteiger partial charge in [0.1, 0.15) is 5.41 Å². The number of hydrogen-bond donors (Lipinski definition) is 3. The lowest BCUT2D eigenvalue weighted by atomic mass is 9.75. The number of carboxylic acid groups (broad SMARTS) is 1. The van der Waals surface area contributed by atoms with Gasteiger partial charge in [0.25, 0.3) is 0 Å². The number of carboxylic acids is 1. The molecular formula is C10H16N2O4. The summed E-state index contributed by atoms with van der Waals surface area (Å²) in [6.45, 7) is 3.08. The third kappa shape index (κ3) is 1.58. The zero-order valence-corrected chi connectivity index (χ0v) is 9.16. The Balaban J connectivity index is 2.11. The van der Waals surface area contributed by atoms with E-state index in [0.717, 1.165) is 6.54 Å². The van der Waals surface area contributed by atoms with Gasteiger partial charge in [-0.3, -0.25) is 9.59 Å². The normalized spacial score (nSPS) is 36.3. The van der Waals surface area contributed by atoms with Gasteiger partial charge in [0.15, 0.2) is 0 Å². The van der Waals surface area contributed by atoms with E-state index in [1.54, 1.807) is 6.92 Å². The number of aliphatic carboxylic acids is 1. The Morgan fingerprint density at radius 2 is 2.25 bits per heavy atom. The number of fused-ring (bicyclic) bond motifs is 1. The van der Waals surface area contributed by atoms with Gasteiger partial charge in [-0.25, -0.2) is 0 Å². The van der Waals surface area contributed by atoms with Gasteiger partial charge in [-0.15, -0.1) is 0 Å². The minimum absolute atomic E-state index is 0.0721. The maximum Gasteiger partial charge on any atom is 0.313 e. The molecular weight excluding hydrogens is 212 g/mol. The van der Waals surface area contributed by atoms with Crippen LogP contribution in [0.25, 0.3) is 0 Å². The summed E-state index contributed by atoms with van der Waals surface area (Å²) in [5.41, 5.74) is -1.05. The molecule has 0 aromatic carbocycles. The van der Waals surface area contributed by atoms with Crippen LogP contribution in [0, 0.1) is 5.41 Å². The highest BCUT2D eigenvalue weighted by molar-refractivity contribution is 5.84. The first-order chi connectivity index (χ1) is 7.60. The second-order valence-electron chi connectivity index (χ2n) is 4.32. The maximum absolute atomic E-state index is 11.4. The quantitative estimate of drug-likeness (QED) is 0.532. The molecule has 6 heteroatoms. The third-order valence-corrected chi connectivity index (χ3v) is 3.43. The van der Waals surface area contributed by atoms with Crippen LogP contribution < -0.4 is 10.6 Å². The molecule has 0 spiro atoms. The van der Waals surface area contributed by atoms with Crippen LogP contribution in [0.5, 0.6) is 0 Å². The van der Waals surface area contributed by atoms with Crippen LogP contribution in [0.3, 0.4) is 0 Å². The summed E-state index contributed by atoms with van der Waals surface area (Å²) < 4.78 is 4.83. The third-order valence-electron chi connectivity index (χ3n) is 3.43. The number of rotatable bonds is 4. The standard InChI is InChI=1S/C10H16N2O4/c1-2-16-7(13)3-10(9(14)15)5-12-6-4-11-8(6)10/h6,8,11-12H,2-5H2,1H3,(H,14,15). The first-order valence-electron chi connectivity index (χ1n) is 5.46. The number of esters is 1. The fourth-order valence-electron chi connectivity index (χ4n) is 2.47. The summed E-state index contributed by atoms with van der Waals surface area (Å²) in [5.74, 6) is -1.38. The van der Waals surface area contributed by atoms with E-state index in [-0.39, 0.29) is 25.1 Å². The van der Waals surface area contributed by atoms with Gasteiger partial charge >= 0.3 is 11.9 Å². The van der Waals surface area contributed by atoms with E-state index in [2.05, 4.69) is 10.6 Å². The molecule has 2 saturated heterocycles. The van der Waals surface area contributed by atoms with E-state index < -0.39 is 17.4 Å². The Hall–Kier alpha value is -1.14. The molecule has 90 valence electrons. The van der Waals surface area contributed by atoms with Crippen LogP contribution in [0.15, 0.2) is 0 Å². The molecule has 0 aromatic heterocycles. The van der Waals surface area contributed by atoms with Gasteiger partial charge in [-0.2, -0.15) is 0 Å². The van der Waals surface area contributed by atoms with Crippen LogP contribution in [0.1, 0.15) is 13.3 Å². The monoisotopic (exact) mass is 228 g/mol. The Morgan fingerprint density at radius 1 is 1.50 bits per heavy atom. The van der Waals surface area contributed by atoms with E-state index in [0.29, 0.717) is 6.54 Å². The van der Waals surface area contributed by atoms with Gasteiger partial charge in [-0.05, 0) is 6.92 Å². The predicted octanol–water partition coefficient (Wildman–Crippen LogP) is -1.05. The summed E-state index contributed by atoms with van der Waals surface area (Å²) in [4.78, 5) is 22.8. The van der Waals surface area contributed by atoms with Gasteiger partial charge < -0.3 is 20.5 Å². The molecule has 16 heavy (non-hydrogen) atoms. The second kappa shape index (κ2) is 4.03. The molecule has 0 radical (unpaired) electrons. The first kappa shape index (κ1) is 11.3. The number of nitrogens with one attached hydrogen (secondary N) is 2. The molecule has 3 unspecified atom stereocenters. The molecule has 2 aliphatic heterocycles. The Morgan fingerprint density at radius 3 is 2.69 bits per heavy atom. The zero-order valence-electron chi connectivity index (χ0n) is 9.16. The maximum atomic E-state index is 11.4. The fourth-order valence-corrected chi connectivity index (χ4v) is 2.47. The van der Waals surface area contributed by atoms with Crippen LogP contribution in [0.4, 0.5) is 0 Å². The summed E-state index contributed by atoms with van der Waals surface area (Å²) in [7, 11) is 0. The number of carbonyl (C=O) groups excluding carboxylic acids is 1. The minimum Gasteiger partial charge on any atom is -0.481 e. The molecule has 2 rings (SSSR count). The molecule has 3 N–H and O–H groups in total. The van der Waals surface area contributed by atoms with Gasteiger partial charge in [0.2, 0.25) is 0 Å². The number of hydrogen-bond acceptors (Lipinski definition) is 5. The lowest BCUT2D eigenvalue weighted by Crippen LogP contribution is -2.64. The summed E-state index contributed by atoms with van der Waals surface area (Å²) >= 11 is 0. The smallest absolute Gasteiger partial charge is 0.313 e. The number of carbonyl (C=O) groups is 2. The van der Waals surface area contributed by atoms with E-state index in [4.69, 9.17) is 4.74 Å². The van der Waals surface area contributed by atoms with Crippen molar-refractivity contribution in [2.24, 2.45) is 5.41 Å². The zero-order chi connectivity index (χ0) is 11.8. The molecule has 0 aliphatic carbocycles. The molecule has 0 amide bonds. The number of ether oxygens (including phenoxy) is 1. The molecule has 0 aromatic rings. The summed E-state index contributed by atoms with van der Waals surface area (Å²) in [6.07, 6.45) is -0.0721. The van der Waals surface area contributed by atoms with Crippen molar-refractivity contribution in [3.8, 4) is 0 Å². The van der Waals surface area contributed by atoms with Crippen molar-refractivity contribution in [1.29, 1.82) is 0 Å². The molecule has 2 aliphatic rings. The fraction of sp³-hybridized carbons (Fsp3) is 0.800. The summed E-state index contributed by atoms with van der Waals surface area (Å²) in [5, 5.41) is 15.5. The van der Waals surface area contributed by atoms with E-state index in [9.17, 15) is 14.7 Å². The highest BCUT2D eigenvalue weighted by Crippen LogP contribution is 2.37. The summed E-state index contributed by atoms with van der Waals surface area (Å²) in [6, 6.07) is 0.0138. The predicted molar refractivity (Wildman–Crippen MR) is 54.9 cm³/mol. The molecule has 2 heterocycles. The van der Waals surface area contributed by atoms with Crippen molar-refractivity contribution >= 4 is 11.9 Å². The van der Waals surface area contributed by atoms with Gasteiger partial charge in [0, 0.05) is 25.2 Å². The van der Waals surface area contributed by atoms with E-state index in [1.165, 1.54) is 0 Å². The van der Waals surface area contributed by atoms with Crippen LogP contribution in [-0.4, -0.2) is 48.8 Å².